The highest BCUT2D eigenvalue weighted by atomic mass is 32.2. The highest BCUT2D eigenvalue weighted by Gasteiger charge is 2.29. The van der Waals surface area contributed by atoms with Gasteiger partial charge in [0.1, 0.15) is 0 Å². The molecule has 1 atom stereocenters. The van der Waals surface area contributed by atoms with Crippen molar-refractivity contribution in [3.8, 4) is 0 Å². The van der Waals surface area contributed by atoms with E-state index in [1.807, 2.05) is 14.1 Å². The number of nitrogens with zero attached hydrogens (tertiary/aromatic N) is 2. The highest BCUT2D eigenvalue weighted by Crippen LogP contribution is 2.22. The average Bonchev–Trinajstić information content (AvgIpc) is 3.26. The first kappa shape index (κ1) is 17.1. The molecular formula is C14H30N4O2S. The van der Waals surface area contributed by atoms with Crippen molar-refractivity contribution in [2.45, 2.75) is 38.1 Å². The zero-order valence-electron chi connectivity index (χ0n) is 13.3. The average molecular weight is 318 g/mol. The van der Waals surface area contributed by atoms with Crippen molar-refractivity contribution in [3.63, 3.8) is 0 Å². The van der Waals surface area contributed by atoms with Crippen LogP contribution in [0.2, 0.25) is 0 Å². The third-order valence-corrected chi connectivity index (χ3v) is 5.74. The van der Waals surface area contributed by atoms with E-state index in [9.17, 15) is 8.42 Å². The van der Waals surface area contributed by atoms with Crippen LogP contribution in [0.5, 0.6) is 0 Å². The smallest absolute Gasteiger partial charge is 0.279 e. The van der Waals surface area contributed by atoms with Crippen molar-refractivity contribution >= 4 is 10.2 Å². The van der Waals surface area contributed by atoms with Gasteiger partial charge in [0.25, 0.3) is 10.2 Å². The Morgan fingerprint density at radius 2 is 2.00 bits per heavy atom. The summed E-state index contributed by atoms with van der Waals surface area (Å²) in [5.41, 5.74) is 0. The summed E-state index contributed by atoms with van der Waals surface area (Å²) in [7, 11) is 0.693. The topological polar surface area (TPSA) is 64.7 Å². The number of piperidine rings is 1. The predicted molar refractivity (Wildman–Crippen MR) is 85.4 cm³/mol. The van der Waals surface area contributed by atoms with Gasteiger partial charge in [0.15, 0.2) is 0 Å². The second kappa shape index (κ2) is 7.87. The lowest BCUT2D eigenvalue weighted by Gasteiger charge is -2.32. The summed E-state index contributed by atoms with van der Waals surface area (Å²) in [6.07, 6.45) is 5.50. The van der Waals surface area contributed by atoms with Gasteiger partial charge < -0.3 is 10.2 Å². The molecule has 1 heterocycles. The second-order valence-corrected chi connectivity index (χ2v) is 8.36. The summed E-state index contributed by atoms with van der Waals surface area (Å²) in [5.74, 6) is 0.456. The summed E-state index contributed by atoms with van der Waals surface area (Å²) >= 11 is 0. The van der Waals surface area contributed by atoms with E-state index < -0.39 is 10.2 Å². The molecule has 1 saturated heterocycles. The molecule has 1 aliphatic heterocycles. The Kier molecular flexibility index (Phi) is 6.43. The molecule has 21 heavy (non-hydrogen) atoms. The monoisotopic (exact) mass is 318 g/mol. The fraction of sp³-hybridized carbons (Fsp3) is 1.00. The highest BCUT2D eigenvalue weighted by molar-refractivity contribution is 7.87. The first-order chi connectivity index (χ1) is 9.97. The van der Waals surface area contributed by atoms with Crippen molar-refractivity contribution in [2.24, 2.45) is 5.92 Å². The Morgan fingerprint density at radius 1 is 1.24 bits per heavy atom. The third kappa shape index (κ3) is 6.20. The van der Waals surface area contributed by atoms with Gasteiger partial charge in [-0.15, -0.1) is 0 Å². The SMILES string of the molecule is CN(C)CCCNS(=O)(=O)N1CCCC(CNC2CC2)C1. The number of hydrogen-bond acceptors (Lipinski definition) is 4. The maximum atomic E-state index is 12.3. The molecule has 124 valence electrons. The van der Waals surface area contributed by atoms with Gasteiger partial charge in [-0.3, -0.25) is 0 Å². The van der Waals surface area contributed by atoms with Gasteiger partial charge in [-0.1, -0.05) is 0 Å². The van der Waals surface area contributed by atoms with Gasteiger partial charge >= 0.3 is 0 Å². The lowest BCUT2D eigenvalue weighted by atomic mass is 10.00. The van der Waals surface area contributed by atoms with E-state index in [1.165, 1.54) is 12.8 Å². The minimum Gasteiger partial charge on any atom is -0.314 e. The van der Waals surface area contributed by atoms with E-state index >= 15 is 0 Å². The first-order valence-corrected chi connectivity index (χ1v) is 9.54. The van der Waals surface area contributed by atoms with Crippen LogP contribution in [0.15, 0.2) is 0 Å². The van der Waals surface area contributed by atoms with Gasteiger partial charge in [-0.05, 0) is 65.2 Å². The van der Waals surface area contributed by atoms with Gasteiger partial charge in [-0.2, -0.15) is 12.7 Å². The molecule has 0 spiro atoms. The molecule has 2 fully saturated rings. The Morgan fingerprint density at radius 3 is 2.67 bits per heavy atom. The molecule has 1 aliphatic carbocycles. The second-order valence-electron chi connectivity index (χ2n) is 6.60. The number of nitrogens with one attached hydrogen (secondary N) is 2. The van der Waals surface area contributed by atoms with E-state index in [1.54, 1.807) is 4.31 Å². The molecule has 1 saturated carbocycles. The van der Waals surface area contributed by atoms with E-state index in [-0.39, 0.29) is 0 Å². The van der Waals surface area contributed by atoms with Crippen molar-refractivity contribution in [3.05, 3.63) is 0 Å². The van der Waals surface area contributed by atoms with Crippen LogP contribution in [-0.2, 0) is 10.2 Å². The Hall–Kier alpha value is -0.210. The van der Waals surface area contributed by atoms with E-state index in [0.29, 0.717) is 31.6 Å². The zero-order chi connectivity index (χ0) is 15.3. The van der Waals surface area contributed by atoms with Gasteiger partial charge in [-0.25, -0.2) is 4.72 Å². The molecule has 0 aromatic heterocycles. The zero-order valence-corrected chi connectivity index (χ0v) is 14.2. The molecule has 1 unspecified atom stereocenters. The van der Waals surface area contributed by atoms with E-state index in [2.05, 4.69) is 14.9 Å². The maximum absolute atomic E-state index is 12.3. The van der Waals surface area contributed by atoms with Crippen molar-refractivity contribution < 1.29 is 8.42 Å². The van der Waals surface area contributed by atoms with E-state index in [4.69, 9.17) is 0 Å². The van der Waals surface area contributed by atoms with E-state index in [0.717, 1.165) is 32.4 Å². The largest absolute Gasteiger partial charge is 0.314 e. The van der Waals surface area contributed by atoms with Crippen LogP contribution in [0.3, 0.4) is 0 Å². The molecule has 0 radical (unpaired) electrons. The molecule has 7 heteroatoms. The third-order valence-electron chi connectivity index (χ3n) is 4.16. The van der Waals surface area contributed by atoms with Crippen molar-refractivity contribution in [1.82, 2.24) is 19.2 Å². The predicted octanol–water partition coefficient (Wildman–Crippen LogP) is 0.237. The lowest BCUT2D eigenvalue weighted by Crippen LogP contribution is -2.48. The molecule has 2 N–H and O–H groups in total. The fourth-order valence-electron chi connectivity index (χ4n) is 2.72. The molecule has 2 rings (SSSR count). The normalized spacial score (nSPS) is 24.6. The standard InChI is InChI=1S/C14H30N4O2S/c1-17(2)9-4-8-16-21(19,20)18-10-3-5-13(12-18)11-15-14-6-7-14/h13-16H,3-12H2,1-2H3. The van der Waals surface area contributed by atoms with Gasteiger partial charge in [0.05, 0.1) is 0 Å². The molecular weight excluding hydrogens is 288 g/mol. The fourth-order valence-corrected chi connectivity index (χ4v) is 4.08. The first-order valence-electron chi connectivity index (χ1n) is 8.10. The summed E-state index contributed by atoms with van der Waals surface area (Å²) < 4.78 is 29.0. The van der Waals surface area contributed by atoms with Crippen molar-refractivity contribution in [1.29, 1.82) is 0 Å². The van der Waals surface area contributed by atoms with Gasteiger partial charge in [0.2, 0.25) is 0 Å². The van der Waals surface area contributed by atoms with Crippen LogP contribution in [0.25, 0.3) is 0 Å². The Labute approximate surface area is 129 Å². The summed E-state index contributed by atoms with van der Waals surface area (Å²) in [5, 5.41) is 3.52. The van der Waals surface area contributed by atoms with Gasteiger partial charge in [0, 0.05) is 25.7 Å². The quantitative estimate of drug-likeness (QED) is 0.598. The molecule has 2 aliphatic rings. The Bertz CT molecular complexity index is 409. The minimum atomic E-state index is -3.30. The Balaban J connectivity index is 1.72. The van der Waals surface area contributed by atoms with Crippen LogP contribution in [0.1, 0.15) is 32.1 Å². The molecule has 0 aromatic carbocycles. The van der Waals surface area contributed by atoms with Crippen LogP contribution in [-0.4, -0.2) is 70.5 Å². The minimum absolute atomic E-state index is 0.456. The van der Waals surface area contributed by atoms with Crippen LogP contribution in [0, 0.1) is 5.92 Å². The maximum Gasteiger partial charge on any atom is 0.279 e. The number of rotatable bonds is 9. The number of hydrogen-bond donors (Lipinski definition) is 2. The lowest BCUT2D eigenvalue weighted by molar-refractivity contribution is 0.257. The summed E-state index contributed by atoms with van der Waals surface area (Å²) in [4.78, 5) is 2.06. The molecule has 0 amide bonds. The summed E-state index contributed by atoms with van der Waals surface area (Å²) in [6.45, 7) is 3.68. The van der Waals surface area contributed by atoms with Crippen LogP contribution >= 0.6 is 0 Å². The molecule has 6 nitrogen and oxygen atoms in total. The summed E-state index contributed by atoms with van der Waals surface area (Å²) in [6, 6.07) is 0.696. The molecule has 0 bridgehead atoms. The van der Waals surface area contributed by atoms with Crippen LogP contribution < -0.4 is 10.0 Å². The molecule has 0 aromatic rings. The van der Waals surface area contributed by atoms with Crippen molar-refractivity contribution in [2.75, 3.05) is 46.8 Å². The van der Waals surface area contributed by atoms with Crippen LogP contribution in [0.4, 0.5) is 0 Å².